The van der Waals surface area contributed by atoms with Gasteiger partial charge >= 0.3 is 0 Å². The third kappa shape index (κ3) is 10.2. The fourth-order valence-corrected chi connectivity index (χ4v) is 4.76. The lowest BCUT2D eigenvalue weighted by atomic mass is 10.0. The van der Waals surface area contributed by atoms with Crippen molar-refractivity contribution < 1.29 is 37.9 Å². The van der Waals surface area contributed by atoms with Crippen molar-refractivity contribution in [2.75, 3.05) is 52.9 Å². The van der Waals surface area contributed by atoms with E-state index in [-0.39, 0.29) is 12.2 Å². The Labute approximate surface area is 270 Å². The van der Waals surface area contributed by atoms with Gasteiger partial charge in [0.2, 0.25) is 0 Å². The van der Waals surface area contributed by atoms with Crippen molar-refractivity contribution >= 4 is 0 Å². The van der Waals surface area contributed by atoms with Crippen LogP contribution < -0.4 is 18.9 Å². The first-order valence-electron chi connectivity index (χ1n) is 16.0. The van der Waals surface area contributed by atoms with Crippen molar-refractivity contribution in [3.8, 4) is 23.0 Å². The lowest BCUT2D eigenvalue weighted by molar-refractivity contribution is 0.261. The van der Waals surface area contributed by atoms with Gasteiger partial charge in [0.25, 0.3) is 0 Å². The van der Waals surface area contributed by atoms with E-state index in [2.05, 4.69) is 42.5 Å². The molecule has 4 unspecified atom stereocenters. The zero-order valence-electron chi connectivity index (χ0n) is 25.9. The molecule has 4 aliphatic rings. The zero-order valence-corrected chi connectivity index (χ0v) is 25.9. The maximum Gasteiger partial charge on any atom is 0.122 e. The van der Waals surface area contributed by atoms with Crippen LogP contribution in [-0.2, 0) is 31.8 Å². The van der Waals surface area contributed by atoms with Crippen LogP contribution in [0.4, 0.5) is 0 Å². The van der Waals surface area contributed by atoms with E-state index < -0.39 is 0 Å². The van der Waals surface area contributed by atoms with Gasteiger partial charge in [-0.15, -0.1) is 0 Å². The molecule has 4 heterocycles. The van der Waals surface area contributed by atoms with E-state index in [1.165, 1.54) is 22.3 Å². The van der Waals surface area contributed by atoms with Gasteiger partial charge in [0.15, 0.2) is 0 Å². The van der Waals surface area contributed by atoms with Gasteiger partial charge in [-0.25, -0.2) is 0 Å². The summed E-state index contributed by atoms with van der Waals surface area (Å²) in [5.74, 6) is 3.62. The highest BCUT2D eigenvalue weighted by atomic mass is 16.6. The first-order chi connectivity index (χ1) is 22.7. The van der Waals surface area contributed by atoms with Gasteiger partial charge in [0.1, 0.15) is 73.8 Å². The van der Waals surface area contributed by atoms with Crippen LogP contribution >= 0.6 is 0 Å². The van der Waals surface area contributed by atoms with Crippen molar-refractivity contribution in [3.05, 3.63) is 119 Å². The summed E-state index contributed by atoms with van der Waals surface area (Å²) >= 11 is 0. The van der Waals surface area contributed by atoms with Crippen molar-refractivity contribution in [2.45, 2.75) is 37.3 Å². The Balaban J connectivity index is 0.000000147. The topological polar surface area (TPSA) is 87.0 Å². The summed E-state index contributed by atoms with van der Waals surface area (Å²) in [5.41, 5.74) is 4.95. The molecule has 8 heteroatoms. The summed E-state index contributed by atoms with van der Waals surface area (Å²) < 4.78 is 43.4. The molecule has 8 rings (SSSR count). The van der Waals surface area contributed by atoms with Gasteiger partial charge in [-0.05, 0) is 71.1 Å². The normalized spacial score (nSPS) is 21.7. The molecule has 4 aromatic rings. The molecule has 4 fully saturated rings. The van der Waals surface area contributed by atoms with Crippen molar-refractivity contribution in [1.29, 1.82) is 0 Å². The van der Waals surface area contributed by atoms with Gasteiger partial charge in [-0.2, -0.15) is 0 Å². The fraction of sp³-hybridized carbons (Fsp3) is 0.368. The Morgan fingerprint density at radius 2 is 0.761 bits per heavy atom. The third-order valence-corrected chi connectivity index (χ3v) is 7.89. The van der Waals surface area contributed by atoms with Crippen LogP contribution in [0.5, 0.6) is 23.0 Å². The smallest absolute Gasteiger partial charge is 0.122 e. The number of hydrogen-bond donors (Lipinski definition) is 0. The van der Waals surface area contributed by atoms with E-state index in [9.17, 15) is 0 Å². The molecule has 0 aliphatic carbocycles. The second-order valence-corrected chi connectivity index (χ2v) is 12.0. The first kappa shape index (κ1) is 30.6. The molecular formula is C38H40O8. The van der Waals surface area contributed by atoms with E-state index in [1.54, 1.807) is 0 Å². The highest BCUT2D eigenvalue weighted by molar-refractivity contribution is 5.39. The molecule has 0 saturated carbocycles. The molecule has 4 saturated heterocycles. The molecule has 0 aromatic heterocycles. The van der Waals surface area contributed by atoms with Crippen LogP contribution in [0.2, 0.25) is 0 Å². The second kappa shape index (κ2) is 15.0. The van der Waals surface area contributed by atoms with Gasteiger partial charge in [-0.3, -0.25) is 0 Å². The van der Waals surface area contributed by atoms with Gasteiger partial charge in [0.05, 0.1) is 26.4 Å². The van der Waals surface area contributed by atoms with Crippen molar-refractivity contribution in [3.63, 3.8) is 0 Å². The maximum absolute atomic E-state index is 5.87. The zero-order chi connectivity index (χ0) is 31.0. The van der Waals surface area contributed by atoms with Crippen LogP contribution in [0.15, 0.2) is 97.1 Å². The quantitative estimate of drug-likeness (QED) is 0.148. The van der Waals surface area contributed by atoms with Gasteiger partial charge in [-0.1, -0.05) is 54.6 Å². The highest BCUT2D eigenvalue weighted by Crippen LogP contribution is 2.25. The fourth-order valence-electron chi connectivity index (χ4n) is 4.76. The van der Waals surface area contributed by atoms with Crippen molar-refractivity contribution in [1.82, 2.24) is 0 Å². The summed E-state index contributed by atoms with van der Waals surface area (Å²) in [6.45, 7) is 5.85. The van der Waals surface area contributed by atoms with E-state index >= 15 is 0 Å². The molecule has 8 nitrogen and oxygen atoms in total. The molecule has 240 valence electrons. The Morgan fingerprint density at radius 3 is 1.15 bits per heavy atom. The van der Waals surface area contributed by atoms with Crippen LogP contribution in [0, 0.1) is 0 Å². The van der Waals surface area contributed by atoms with Crippen LogP contribution in [0.25, 0.3) is 0 Å². The molecule has 0 bridgehead atoms. The average Bonchev–Trinajstić information content (AvgIpc) is 3.88. The largest absolute Gasteiger partial charge is 0.491 e. The molecule has 0 spiro atoms. The van der Waals surface area contributed by atoms with Crippen LogP contribution in [0.3, 0.4) is 0 Å². The minimum absolute atomic E-state index is 0.273. The molecule has 0 amide bonds. The molecule has 4 aliphatic heterocycles. The summed E-state index contributed by atoms with van der Waals surface area (Å²) in [7, 11) is 0. The summed E-state index contributed by atoms with van der Waals surface area (Å²) in [4.78, 5) is 0. The molecule has 4 atom stereocenters. The monoisotopic (exact) mass is 624 g/mol. The molecule has 4 aromatic carbocycles. The Hall–Kier alpha value is -4.08. The Kier molecular flexibility index (Phi) is 9.97. The highest BCUT2D eigenvalue weighted by Gasteiger charge is 2.25. The maximum atomic E-state index is 5.87. The molecular weight excluding hydrogens is 584 g/mol. The van der Waals surface area contributed by atoms with Gasteiger partial charge in [0, 0.05) is 6.42 Å². The van der Waals surface area contributed by atoms with Gasteiger partial charge < -0.3 is 37.9 Å². The molecule has 0 radical (unpaired) electrons. The first-order valence-corrected chi connectivity index (χ1v) is 16.0. The lowest BCUT2D eigenvalue weighted by Gasteiger charge is -2.11. The summed E-state index contributed by atoms with van der Waals surface area (Å²) in [6.07, 6.45) is 2.89. The van der Waals surface area contributed by atoms with Crippen molar-refractivity contribution in [2.24, 2.45) is 0 Å². The molecule has 0 N–H and O–H groups in total. The number of para-hydroxylation sites is 1. The third-order valence-electron chi connectivity index (χ3n) is 7.89. The van der Waals surface area contributed by atoms with E-state index in [1.807, 2.05) is 54.6 Å². The Bertz CT molecular complexity index is 1450. The number of epoxide rings is 4. The molecule has 46 heavy (non-hydrogen) atoms. The predicted octanol–water partition coefficient (Wildman–Crippen LogP) is 5.67. The standard InChI is InChI=1S/2C19H20O4/c1-5-16(20-10-18-12-22-18)6-2-14(1)9-15-3-7-17(8-4-15)21-11-19-13-23-19;1-2-4-19(23-13-18-12-22-18)15(3-1)9-14-5-7-16(8-6-14)20-10-17-11-21-17/h1-8,18-19H,9-13H2;1-8,17-18H,9-13H2. The number of hydrogen-bond acceptors (Lipinski definition) is 8. The number of ether oxygens (including phenoxy) is 8. The minimum Gasteiger partial charge on any atom is -0.491 e. The number of benzene rings is 4. The minimum atomic E-state index is 0.273. The van der Waals surface area contributed by atoms with E-state index in [0.717, 1.165) is 62.3 Å². The number of rotatable bonds is 16. The summed E-state index contributed by atoms with van der Waals surface area (Å²) in [6, 6.07) is 32.9. The van der Waals surface area contributed by atoms with Crippen LogP contribution in [-0.4, -0.2) is 77.3 Å². The lowest BCUT2D eigenvalue weighted by Crippen LogP contribution is -2.06. The van der Waals surface area contributed by atoms with E-state index in [0.29, 0.717) is 38.6 Å². The predicted molar refractivity (Wildman–Crippen MR) is 172 cm³/mol. The summed E-state index contributed by atoms with van der Waals surface area (Å²) in [5, 5.41) is 0. The Morgan fingerprint density at radius 1 is 0.413 bits per heavy atom. The average molecular weight is 625 g/mol. The second-order valence-electron chi connectivity index (χ2n) is 12.0. The van der Waals surface area contributed by atoms with E-state index in [4.69, 9.17) is 37.9 Å². The van der Waals surface area contributed by atoms with Crippen LogP contribution in [0.1, 0.15) is 22.3 Å². The SMILES string of the molecule is c1cc(OCC2CO2)ccc1Cc1ccc(OCC2CO2)cc1.c1ccc(OCC2CO2)c(Cc2ccc(OCC3CO3)cc2)c1.